The van der Waals surface area contributed by atoms with Crippen LogP contribution < -0.4 is 4.40 Å². The van der Waals surface area contributed by atoms with Gasteiger partial charge in [0.05, 0.1) is 22.4 Å². The predicted octanol–water partition coefficient (Wildman–Crippen LogP) is 14.5. The van der Waals surface area contributed by atoms with Gasteiger partial charge in [0.1, 0.15) is 0 Å². The van der Waals surface area contributed by atoms with E-state index in [4.69, 9.17) is 14.4 Å². The molecular weight excluding hydrogens is 985 g/mol. The number of pyridine rings is 2. The minimum absolute atomic E-state index is 0. The van der Waals surface area contributed by atoms with Gasteiger partial charge in [-0.3, -0.25) is 4.98 Å². The van der Waals surface area contributed by atoms with E-state index in [1.165, 1.54) is 52.5 Å². The van der Waals surface area contributed by atoms with E-state index >= 15 is 0 Å². The Bertz CT molecular complexity index is 2740. The van der Waals surface area contributed by atoms with Crippen LogP contribution >= 0.6 is 0 Å². The molecule has 1 unspecified atom stereocenters. The van der Waals surface area contributed by atoms with Gasteiger partial charge in [-0.2, -0.15) is 0 Å². The van der Waals surface area contributed by atoms with Crippen LogP contribution in [0.2, 0.25) is 17.3 Å². The van der Waals surface area contributed by atoms with Crippen LogP contribution in [0.1, 0.15) is 120 Å². The molecule has 0 spiro atoms. The number of nitrogens with zero attached hydrogens (tertiary/aromatic N) is 4. The molecule has 5 nitrogen and oxygen atoms in total. The summed E-state index contributed by atoms with van der Waals surface area (Å²) in [6.07, 6.45) is 7.38. The Morgan fingerprint density at radius 1 is 0.705 bits per heavy atom. The Kier molecular flexibility index (Phi) is 13.6. The van der Waals surface area contributed by atoms with E-state index in [0.717, 1.165) is 55.7 Å². The number of fused-ring (bicyclic) bond motifs is 4. The zero-order valence-corrected chi connectivity index (χ0v) is 42.1. The molecule has 0 bridgehead atoms. The van der Waals surface area contributed by atoms with Gasteiger partial charge in [-0.1, -0.05) is 88.7 Å². The molecule has 9 rings (SSSR count). The first-order valence-corrected chi connectivity index (χ1v) is 29.5. The molecule has 0 amide bonds. The van der Waals surface area contributed by atoms with Crippen LogP contribution in [0.15, 0.2) is 108 Å². The first kappa shape index (κ1) is 44.7. The van der Waals surface area contributed by atoms with Gasteiger partial charge in [0.15, 0.2) is 0 Å². The molecule has 4 aromatic heterocycles. The fraction of sp³-hybridized carbons (Fsp3) is 0.352. The summed E-state index contributed by atoms with van der Waals surface area (Å²) in [7, 11) is 0. The molecule has 0 aliphatic heterocycles. The third-order valence-corrected chi connectivity index (χ3v) is 16.9. The van der Waals surface area contributed by atoms with Gasteiger partial charge >= 0.3 is 119 Å². The van der Waals surface area contributed by atoms with Crippen molar-refractivity contribution in [3.8, 4) is 28.3 Å². The van der Waals surface area contributed by atoms with Crippen LogP contribution in [-0.2, 0) is 20.1 Å². The molecule has 8 aromatic rings. The Hall–Kier alpha value is -4.36. The molecule has 61 heavy (non-hydrogen) atoms. The van der Waals surface area contributed by atoms with Gasteiger partial charge in [-0.25, -0.2) is 4.98 Å². The first-order valence-electron chi connectivity index (χ1n) is 22.1. The summed E-state index contributed by atoms with van der Waals surface area (Å²) < 4.78 is 10.5. The number of furan rings is 1. The molecule has 1 radical (unpaired) electrons. The minimum atomic E-state index is -1.85. The van der Waals surface area contributed by atoms with Gasteiger partial charge in [-0.05, 0) is 66.0 Å². The zero-order valence-electron chi connectivity index (χ0n) is 37.6. The van der Waals surface area contributed by atoms with E-state index < -0.39 is 13.3 Å². The van der Waals surface area contributed by atoms with Crippen LogP contribution in [0.25, 0.3) is 61.4 Å². The third kappa shape index (κ3) is 8.96. The molecule has 0 N–H and O–H groups in total. The molecule has 1 saturated carbocycles. The smallest absolute Gasteiger partial charge is 0.216 e. The standard InChI is InChI=1S/C37H38N3O.C17H22GeN.Ir/c1-22(2)26-14-10-15-27(23(3)4)34(26)40-33-19-9-8-18-32(33)38-36(40)30-17-11-16-28-29-20-21-31(39-37(29)41-35(28)30)24(5)25-12-6-7-13-25;1-13(2)15-11-17(14-9-7-6-8-10-14)19-12-16(15)18(3,4)5;/h8-11,14-16,18-25H,6-7,12-13H2,1-5H3;6-9,11-13H,1-5H3;/q2*-1;. The van der Waals surface area contributed by atoms with Gasteiger partial charge in [0.2, 0.25) is 5.71 Å². The maximum absolute atomic E-state index is 6.64. The minimum Gasteiger partial charge on any atom is -0.486 e. The van der Waals surface area contributed by atoms with Crippen molar-refractivity contribution in [3.63, 3.8) is 0 Å². The van der Waals surface area contributed by atoms with E-state index in [0.29, 0.717) is 35.3 Å². The molecule has 1 atom stereocenters. The summed E-state index contributed by atoms with van der Waals surface area (Å²) in [6.45, 7) is 15.9. The maximum Gasteiger partial charge on any atom is 0.216 e. The van der Waals surface area contributed by atoms with Crippen molar-refractivity contribution < 1.29 is 24.5 Å². The summed E-state index contributed by atoms with van der Waals surface area (Å²) in [4.78, 5) is 15.0. The molecule has 1 aliphatic rings. The Balaban J connectivity index is 0.000000237. The monoisotopic (exact) mass is 1050 g/mol. The van der Waals surface area contributed by atoms with E-state index in [1.807, 2.05) is 24.3 Å². The summed E-state index contributed by atoms with van der Waals surface area (Å²) in [5.74, 6) is 10.5. The fourth-order valence-corrected chi connectivity index (χ4v) is 12.7. The Morgan fingerprint density at radius 2 is 1.39 bits per heavy atom. The summed E-state index contributed by atoms with van der Waals surface area (Å²) in [6, 6.07) is 40.8. The van der Waals surface area contributed by atoms with Crippen molar-refractivity contribution in [3.05, 3.63) is 138 Å². The molecule has 4 aromatic carbocycles. The van der Waals surface area contributed by atoms with Gasteiger partial charge in [0.25, 0.3) is 0 Å². The quantitative estimate of drug-likeness (QED) is 0.107. The molecule has 7 heteroatoms. The molecule has 317 valence electrons. The van der Waals surface area contributed by atoms with Crippen molar-refractivity contribution in [2.45, 2.75) is 115 Å². The number of imidazole rings is 1. The number of rotatable bonds is 9. The van der Waals surface area contributed by atoms with Crippen molar-refractivity contribution in [1.29, 1.82) is 0 Å². The normalized spacial score (nSPS) is 14.0. The summed E-state index contributed by atoms with van der Waals surface area (Å²) in [5, 5.41) is 2.10. The van der Waals surface area contributed by atoms with Crippen molar-refractivity contribution >= 4 is 50.8 Å². The third-order valence-electron chi connectivity index (χ3n) is 12.6. The summed E-state index contributed by atoms with van der Waals surface area (Å²) in [5.41, 5.74) is 13.0. The van der Waals surface area contributed by atoms with E-state index in [1.54, 1.807) is 0 Å². The van der Waals surface area contributed by atoms with Crippen molar-refractivity contribution in [2.75, 3.05) is 0 Å². The van der Waals surface area contributed by atoms with E-state index in [9.17, 15) is 0 Å². The van der Waals surface area contributed by atoms with Crippen LogP contribution in [0.5, 0.6) is 0 Å². The molecular formula is C54H60GeIrN4O-2. The number of para-hydroxylation sites is 3. The van der Waals surface area contributed by atoms with Crippen LogP contribution in [0.3, 0.4) is 0 Å². The average molecular weight is 1050 g/mol. The van der Waals surface area contributed by atoms with Gasteiger partial charge < -0.3 is 8.98 Å². The number of hydrogen-bond acceptors (Lipinski definition) is 4. The molecule has 1 fully saturated rings. The molecule has 0 saturated heterocycles. The first-order chi connectivity index (χ1) is 28.8. The second-order valence-corrected chi connectivity index (χ2v) is 29.4. The van der Waals surface area contributed by atoms with E-state index in [-0.39, 0.29) is 20.1 Å². The van der Waals surface area contributed by atoms with Crippen LogP contribution in [0.4, 0.5) is 0 Å². The largest absolute Gasteiger partial charge is 0.486 e. The topological polar surface area (TPSA) is 56.7 Å². The van der Waals surface area contributed by atoms with Gasteiger partial charge in [0, 0.05) is 42.8 Å². The van der Waals surface area contributed by atoms with Crippen LogP contribution in [-0.4, -0.2) is 32.8 Å². The Morgan fingerprint density at radius 3 is 2.05 bits per heavy atom. The van der Waals surface area contributed by atoms with E-state index in [2.05, 4.69) is 166 Å². The number of aromatic nitrogens is 4. The number of hydrogen-bond donors (Lipinski definition) is 0. The predicted molar refractivity (Wildman–Crippen MR) is 255 cm³/mol. The number of benzene rings is 4. The summed E-state index contributed by atoms with van der Waals surface area (Å²) >= 11 is -1.85. The van der Waals surface area contributed by atoms with Crippen LogP contribution in [0, 0.1) is 18.1 Å². The van der Waals surface area contributed by atoms with Gasteiger partial charge in [-0.15, -0.1) is 18.2 Å². The molecule has 4 heterocycles. The zero-order chi connectivity index (χ0) is 42.3. The maximum atomic E-state index is 6.64. The second-order valence-electron chi connectivity index (χ2n) is 18.8. The average Bonchev–Trinajstić information content (AvgIpc) is 4.01. The second kappa shape index (κ2) is 18.5. The molecule has 1 aliphatic carbocycles. The van der Waals surface area contributed by atoms with Crippen molar-refractivity contribution in [2.24, 2.45) is 5.92 Å². The SMILES string of the molecule is CC(C)c1cc(-c2[c-]cccc2)nc[c]1[Ge]([CH3])([CH3])[CH3].CC(C)c1cccc(C(C)C)c1-n1c(-c2[c-]ccc3c2oc2nc(C(C)C4CCCC4)ccc23)nc2ccccc21.[Ir]. The Labute approximate surface area is 379 Å². The fourth-order valence-electron chi connectivity index (χ4n) is 9.22. The van der Waals surface area contributed by atoms with Crippen molar-refractivity contribution in [1.82, 2.24) is 19.5 Å².